The van der Waals surface area contributed by atoms with Crippen molar-refractivity contribution in [1.29, 1.82) is 0 Å². The van der Waals surface area contributed by atoms with E-state index < -0.39 is 40.3 Å². The molecule has 0 aliphatic rings. The molecule has 0 unspecified atom stereocenters. The van der Waals surface area contributed by atoms with E-state index >= 15 is 0 Å². The summed E-state index contributed by atoms with van der Waals surface area (Å²) >= 11 is -5.34. The van der Waals surface area contributed by atoms with Gasteiger partial charge in [-0.2, -0.15) is 0 Å². The number of hydrogen-bond acceptors (Lipinski definition) is 4. The van der Waals surface area contributed by atoms with Gasteiger partial charge in [0, 0.05) is 0 Å². The number of rotatable bonds is 10. The summed E-state index contributed by atoms with van der Waals surface area (Å²) in [6.45, 7) is 0. The molecule has 0 saturated carbocycles. The molecule has 0 N–H and O–H groups in total. The van der Waals surface area contributed by atoms with Gasteiger partial charge in [0.2, 0.25) is 0 Å². The SMILES string of the molecule is O=C(Cc1ccccc1)[O][Sn]([c]1ccccc1)[c]1ccccc1.O=C(Cc1ccccc1)[O][Sn]([c]1ccccc1)[c]1ccccc1. The Hall–Kier alpha value is -4.14. The molecule has 0 spiro atoms. The summed E-state index contributed by atoms with van der Waals surface area (Å²) in [5, 5.41) is 0. The molecule has 226 valence electrons. The predicted molar refractivity (Wildman–Crippen MR) is 188 cm³/mol. The molecule has 2 radical (unpaired) electrons. The van der Waals surface area contributed by atoms with Crippen LogP contribution < -0.4 is 14.3 Å². The summed E-state index contributed by atoms with van der Waals surface area (Å²) in [7, 11) is 0. The summed E-state index contributed by atoms with van der Waals surface area (Å²) in [6, 6.07) is 60.0. The fourth-order valence-electron chi connectivity index (χ4n) is 4.75. The second-order valence-corrected chi connectivity index (χ2v) is 21.9. The van der Waals surface area contributed by atoms with Gasteiger partial charge in [0.15, 0.2) is 0 Å². The third-order valence-corrected chi connectivity index (χ3v) is 19.2. The van der Waals surface area contributed by atoms with Crippen molar-refractivity contribution in [2.45, 2.75) is 12.8 Å². The van der Waals surface area contributed by atoms with Crippen molar-refractivity contribution in [2.24, 2.45) is 0 Å². The van der Waals surface area contributed by atoms with Gasteiger partial charge >= 0.3 is 288 Å². The number of hydrogen-bond donors (Lipinski definition) is 0. The number of benzene rings is 6. The van der Waals surface area contributed by atoms with E-state index in [0.717, 1.165) is 11.1 Å². The molecular weight excluding hydrogens is 782 g/mol. The van der Waals surface area contributed by atoms with Crippen LogP contribution in [0.5, 0.6) is 0 Å². The van der Waals surface area contributed by atoms with E-state index in [0.29, 0.717) is 12.8 Å². The number of carbonyl (C=O) groups is 2. The van der Waals surface area contributed by atoms with Crippen molar-refractivity contribution in [1.82, 2.24) is 0 Å². The molecule has 0 aromatic heterocycles. The Morgan fingerprint density at radius 1 is 0.348 bits per heavy atom. The molecule has 0 heterocycles. The van der Waals surface area contributed by atoms with E-state index in [4.69, 9.17) is 6.15 Å². The molecule has 0 bridgehead atoms. The first kappa shape index (κ1) is 33.2. The first-order valence-electron chi connectivity index (χ1n) is 15.1. The van der Waals surface area contributed by atoms with Gasteiger partial charge in [0.25, 0.3) is 0 Å². The molecule has 0 aliphatic carbocycles. The fraction of sp³-hybridized carbons (Fsp3) is 0.0500. The van der Waals surface area contributed by atoms with Crippen molar-refractivity contribution in [3.63, 3.8) is 0 Å². The molecule has 6 heteroatoms. The second-order valence-electron chi connectivity index (χ2n) is 10.4. The molecule has 46 heavy (non-hydrogen) atoms. The summed E-state index contributed by atoms with van der Waals surface area (Å²) in [5.74, 6) is -0.281. The van der Waals surface area contributed by atoms with Gasteiger partial charge in [0.1, 0.15) is 0 Å². The van der Waals surface area contributed by atoms with E-state index in [1.165, 1.54) is 14.3 Å². The van der Waals surface area contributed by atoms with E-state index in [1.54, 1.807) is 0 Å². The standard InChI is InChI=1S/2C8H8O2.4C6H5.2Sn/c2*9-8(10)6-7-4-2-1-3-5-7;4*1-2-4-6-5-3-1;;/h2*1-5H,6H2,(H,9,10);4*1-5H;;/q;;;;;;2*+1/p-2. The van der Waals surface area contributed by atoms with Gasteiger partial charge in [-0.25, -0.2) is 0 Å². The molecule has 0 fully saturated rings. The molecule has 0 amide bonds. The van der Waals surface area contributed by atoms with Gasteiger partial charge in [-0.15, -0.1) is 0 Å². The maximum absolute atomic E-state index is 12.4. The van der Waals surface area contributed by atoms with E-state index in [-0.39, 0.29) is 11.9 Å². The Bertz CT molecular complexity index is 1540. The zero-order valence-electron chi connectivity index (χ0n) is 25.4. The average molecular weight is 816 g/mol. The molecular formula is C40H34O4Sn2. The van der Waals surface area contributed by atoms with Crippen molar-refractivity contribution in [2.75, 3.05) is 0 Å². The van der Waals surface area contributed by atoms with Crippen LogP contribution in [0.2, 0.25) is 0 Å². The van der Waals surface area contributed by atoms with Gasteiger partial charge in [-0.1, -0.05) is 0 Å². The molecule has 6 aromatic carbocycles. The van der Waals surface area contributed by atoms with Crippen molar-refractivity contribution < 1.29 is 15.7 Å². The zero-order chi connectivity index (χ0) is 31.8. The molecule has 0 aliphatic heterocycles. The Kier molecular flexibility index (Phi) is 13.1. The number of carbonyl (C=O) groups excluding carboxylic acids is 2. The summed E-state index contributed by atoms with van der Waals surface area (Å²) in [5.41, 5.74) is 1.97. The fourth-order valence-corrected chi connectivity index (χ4v) is 15.4. The molecule has 0 atom stereocenters. The topological polar surface area (TPSA) is 52.6 Å². The van der Waals surface area contributed by atoms with Gasteiger partial charge < -0.3 is 0 Å². The van der Waals surface area contributed by atoms with Crippen LogP contribution in [0, 0.1) is 0 Å². The third-order valence-electron chi connectivity index (χ3n) is 6.96. The van der Waals surface area contributed by atoms with Crippen LogP contribution in [0.1, 0.15) is 11.1 Å². The Balaban J connectivity index is 0.000000181. The van der Waals surface area contributed by atoms with Crippen molar-refractivity contribution >= 4 is 66.6 Å². The van der Waals surface area contributed by atoms with Crippen LogP contribution in [-0.2, 0) is 28.6 Å². The third kappa shape index (κ3) is 10.5. The summed E-state index contributed by atoms with van der Waals surface area (Å²) < 4.78 is 16.6. The minimum absolute atomic E-state index is 0.140. The second kappa shape index (κ2) is 18.1. The van der Waals surface area contributed by atoms with Crippen LogP contribution in [0.4, 0.5) is 0 Å². The summed E-state index contributed by atoms with van der Waals surface area (Å²) in [6.07, 6.45) is 0.648. The molecule has 6 rings (SSSR count). The van der Waals surface area contributed by atoms with E-state index in [1.807, 2.05) is 133 Å². The Morgan fingerprint density at radius 2 is 0.565 bits per heavy atom. The minimum atomic E-state index is -2.67. The maximum atomic E-state index is 12.4. The zero-order valence-corrected chi connectivity index (χ0v) is 31.1. The Labute approximate surface area is 286 Å². The summed E-state index contributed by atoms with van der Waals surface area (Å²) in [4.78, 5) is 24.8. The van der Waals surface area contributed by atoms with E-state index in [9.17, 15) is 9.59 Å². The first-order chi connectivity index (χ1) is 22.7. The van der Waals surface area contributed by atoms with Gasteiger partial charge in [-0.05, 0) is 0 Å². The molecule has 4 nitrogen and oxygen atoms in total. The van der Waals surface area contributed by atoms with Crippen LogP contribution in [-0.4, -0.2) is 52.3 Å². The quantitative estimate of drug-likeness (QED) is 0.180. The molecule has 0 saturated heterocycles. The van der Waals surface area contributed by atoms with Crippen LogP contribution >= 0.6 is 0 Å². The van der Waals surface area contributed by atoms with Crippen molar-refractivity contribution in [3.8, 4) is 0 Å². The normalized spacial score (nSPS) is 10.5. The molecule has 6 aromatic rings. The monoisotopic (exact) mass is 818 g/mol. The van der Waals surface area contributed by atoms with Crippen LogP contribution in [0.15, 0.2) is 182 Å². The van der Waals surface area contributed by atoms with Crippen molar-refractivity contribution in [3.05, 3.63) is 193 Å². The van der Waals surface area contributed by atoms with Gasteiger partial charge in [0.05, 0.1) is 0 Å². The van der Waals surface area contributed by atoms with Crippen LogP contribution in [0.25, 0.3) is 0 Å². The average Bonchev–Trinajstić information content (AvgIpc) is 3.12. The van der Waals surface area contributed by atoms with E-state index in [2.05, 4.69) is 48.5 Å². The predicted octanol–water partition coefficient (Wildman–Crippen LogP) is 5.16. The first-order valence-corrected chi connectivity index (χ1v) is 23.1. The van der Waals surface area contributed by atoms with Gasteiger partial charge in [-0.3, -0.25) is 0 Å². The Morgan fingerprint density at radius 3 is 0.804 bits per heavy atom. The van der Waals surface area contributed by atoms with Crippen LogP contribution in [0.3, 0.4) is 0 Å².